The van der Waals surface area contributed by atoms with Crippen molar-refractivity contribution in [1.82, 2.24) is 0 Å². The Balaban J connectivity index is 1.61. The molecule has 0 amide bonds. The smallest absolute Gasteiger partial charge is 0.201 e. The molecule has 4 aromatic carbocycles. The van der Waals surface area contributed by atoms with E-state index in [0.29, 0.717) is 17.7 Å². The summed E-state index contributed by atoms with van der Waals surface area (Å²) in [5.74, 6) is 0. The van der Waals surface area contributed by atoms with Crippen LogP contribution in [0.3, 0.4) is 0 Å². The molecule has 1 nitrogen and oxygen atoms in total. The van der Waals surface area contributed by atoms with Crippen molar-refractivity contribution in [3.63, 3.8) is 0 Å². The van der Waals surface area contributed by atoms with Crippen molar-refractivity contribution in [2.75, 3.05) is 0 Å². The zero-order valence-corrected chi connectivity index (χ0v) is 21.8. The van der Waals surface area contributed by atoms with Crippen molar-refractivity contribution in [1.29, 1.82) is 0 Å². The number of hydrogen-bond acceptors (Lipinski definition) is 0. The second-order valence-electron chi connectivity index (χ2n) is 10.7. The number of nitrogens with zero attached hydrogens (tertiary/aromatic N) is 1. The van der Waals surface area contributed by atoms with Gasteiger partial charge in [-0.1, -0.05) is 66.2 Å². The van der Waals surface area contributed by atoms with Gasteiger partial charge in [0.2, 0.25) is 5.69 Å². The fraction of sp³-hybridized carbons (Fsp3) is 0.216. The third-order valence-electron chi connectivity index (χ3n) is 8.37. The summed E-state index contributed by atoms with van der Waals surface area (Å²) >= 11 is 0. The van der Waals surface area contributed by atoms with Crippen LogP contribution in [0.15, 0.2) is 72.9 Å². The fourth-order valence-electron chi connectivity index (χ4n) is 6.73. The summed E-state index contributed by atoms with van der Waals surface area (Å²) in [6.45, 7) is -4.27. The largest absolute Gasteiger partial charge is 0.213 e. The molecule has 2 aliphatic rings. The minimum atomic E-state index is -2.69. The molecule has 1 heterocycles. The molecule has 0 bridgehead atoms. The van der Waals surface area contributed by atoms with Crippen LogP contribution < -0.4 is 4.57 Å². The van der Waals surface area contributed by atoms with Gasteiger partial charge in [0.25, 0.3) is 0 Å². The standard InChI is InChI=1S/C37H34N/c1-21-15-22(2)34(23(3)16-21)30-19-33(38(6)20-24(30)4)35-25(5)31-17-26-11-7-9-13-28(26)36(31)37-29-14-10-8-12-27(29)18-32(35)37/h7-16,19-20H,17-18H2,1-6H3/q+1/i2D3,3D3,4D3. The van der Waals surface area contributed by atoms with Gasteiger partial charge in [-0.2, -0.15) is 0 Å². The molecule has 0 aliphatic heterocycles. The highest BCUT2D eigenvalue weighted by atomic mass is 14.9. The molecule has 0 N–H and O–H groups in total. The van der Waals surface area contributed by atoms with E-state index in [9.17, 15) is 0 Å². The highest BCUT2D eigenvalue weighted by molar-refractivity contribution is 6.00. The van der Waals surface area contributed by atoms with Gasteiger partial charge >= 0.3 is 0 Å². The van der Waals surface area contributed by atoms with E-state index in [1.807, 2.05) is 12.1 Å². The van der Waals surface area contributed by atoms with E-state index in [4.69, 9.17) is 12.3 Å². The third kappa shape index (κ3) is 3.21. The Hall–Kier alpha value is -3.97. The van der Waals surface area contributed by atoms with E-state index in [1.165, 1.54) is 57.3 Å². The lowest BCUT2D eigenvalue weighted by molar-refractivity contribution is -0.660. The maximum atomic E-state index is 8.50. The lowest BCUT2D eigenvalue weighted by Crippen LogP contribution is -2.32. The Morgan fingerprint density at radius 2 is 1.21 bits per heavy atom. The summed E-state index contributed by atoms with van der Waals surface area (Å²) in [4.78, 5) is 0. The van der Waals surface area contributed by atoms with E-state index in [2.05, 4.69) is 43.3 Å². The Bertz CT molecular complexity index is 2100. The maximum Gasteiger partial charge on any atom is 0.213 e. The molecule has 38 heavy (non-hydrogen) atoms. The van der Waals surface area contributed by atoms with Gasteiger partial charge in [0.15, 0.2) is 6.20 Å². The predicted octanol–water partition coefficient (Wildman–Crippen LogP) is 8.53. The SMILES string of the molecule is [2H]C([2H])([2H])c1c[n+](C)c(-c2c(C)c3c(c4c2Cc2ccccc2-4)-c2ccccc2C3)cc1-c1c(C([2H])([2H])[2H])cc(C)cc1C([2H])([2H])[2H]. The number of pyridine rings is 1. The topological polar surface area (TPSA) is 3.88 Å². The highest BCUT2D eigenvalue weighted by Gasteiger charge is 2.35. The van der Waals surface area contributed by atoms with Gasteiger partial charge in [-0.05, 0) is 120 Å². The second kappa shape index (κ2) is 8.27. The molecule has 0 saturated carbocycles. The van der Waals surface area contributed by atoms with E-state index in [-0.39, 0.29) is 27.8 Å². The maximum absolute atomic E-state index is 8.50. The number of aromatic nitrogens is 1. The van der Waals surface area contributed by atoms with E-state index in [1.54, 1.807) is 24.6 Å². The summed E-state index contributed by atoms with van der Waals surface area (Å²) in [6.07, 6.45) is 2.97. The molecule has 186 valence electrons. The van der Waals surface area contributed by atoms with E-state index in [0.717, 1.165) is 23.1 Å². The van der Waals surface area contributed by atoms with Crippen molar-refractivity contribution < 1.29 is 16.9 Å². The number of benzene rings is 4. The normalized spacial score (nSPS) is 17.3. The van der Waals surface area contributed by atoms with Crippen molar-refractivity contribution in [3.8, 4) is 44.6 Å². The number of aryl methyl sites for hydroxylation is 5. The minimum Gasteiger partial charge on any atom is -0.201 e. The lowest BCUT2D eigenvalue weighted by Gasteiger charge is -2.19. The van der Waals surface area contributed by atoms with Crippen LogP contribution >= 0.6 is 0 Å². The predicted molar refractivity (Wildman–Crippen MR) is 159 cm³/mol. The zero-order chi connectivity index (χ0) is 33.8. The van der Waals surface area contributed by atoms with Crippen LogP contribution in [0.1, 0.15) is 62.4 Å². The molecule has 7 rings (SSSR count). The number of rotatable bonds is 2. The average molecular weight is 502 g/mol. The molecule has 0 atom stereocenters. The van der Waals surface area contributed by atoms with Crippen molar-refractivity contribution in [2.24, 2.45) is 7.05 Å². The van der Waals surface area contributed by atoms with Gasteiger partial charge in [0.05, 0.1) is 5.56 Å². The van der Waals surface area contributed by atoms with E-state index >= 15 is 0 Å². The average Bonchev–Trinajstić information content (AvgIpc) is 3.55. The molecule has 0 saturated heterocycles. The number of hydrogen-bond donors (Lipinski definition) is 0. The molecule has 0 fully saturated rings. The van der Waals surface area contributed by atoms with Crippen LogP contribution in [-0.4, -0.2) is 0 Å². The van der Waals surface area contributed by atoms with Crippen LogP contribution in [0.5, 0.6) is 0 Å². The Morgan fingerprint density at radius 3 is 1.84 bits per heavy atom. The summed E-state index contributed by atoms with van der Waals surface area (Å²) in [6, 6.07) is 21.5. The third-order valence-corrected chi connectivity index (χ3v) is 8.37. The van der Waals surface area contributed by atoms with Crippen LogP contribution in [0.2, 0.25) is 0 Å². The fourth-order valence-corrected chi connectivity index (χ4v) is 6.73. The van der Waals surface area contributed by atoms with Gasteiger partial charge in [0.1, 0.15) is 7.05 Å². The second-order valence-corrected chi connectivity index (χ2v) is 10.7. The molecular formula is C37H34N+. The Morgan fingerprint density at radius 1 is 0.632 bits per heavy atom. The summed E-state index contributed by atoms with van der Waals surface area (Å²) in [5.41, 5.74) is 12.4. The van der Waals surface area contributed by atoms with Crippen molar-refractivity contribution in [3.05, 3.63) is 123 Å². The molecular weight excluding hydrogens is 458 g/mol. The van der Waals surface area contributed by atoms with E-state index < -0.39 is 20.6 Å². The molecule has 0 radical (unpaired) electrons. The van der Waals surface area contributed by atoms with Gasteiger partial charge in [-0.3, -0.25) is 0 Å². The molecule has 0 spiro atoms. The van der Waals surface area contributed by atoms with Gasteiger partial charge in [-0.25, -0.2) is 4.57 Å². The first-order valence-electron chi connectivity index (χ1n) is 17.5. The molecule has 1 aromatic heterocycles. The highest BCUT2D eigenvalue weighted by Crippen LogP contribution is 2.53. The van der Waals surface area contributed by atoms with Crippen molar-refractivity contribution >= 4 is 0 Å². The first-order chi connectivity index (χ1) is 22.0. The quantitative estimate of drug-likeness (QED) is 0.209. The van der Waals surface area contributed by atoms with Gasteiger partial charge < -0.3 is 0 Å². The van der Waals surface area contributed by atoms with Gasteiger partial charge in [-0.15, -0.1) is 0 Å². The lowest BCUT2D eigenvalue weighted by atomic mass is 9.84. The molecule has 2 aliphatic carbocycles. The summed E-state index contributed by atoms with van der Waals surface area (Å²) < 4.78 is 77.7. The van der Waals surface area contributed by atoms with Crippen LogP contribution in [0, 0.1) is 34.4 Å². The van der Waals surface area contributed by atoms with Gasteiger partial charge in [0, 0.05) is 24.0 Å². The summed E-state index contributed by atoms with van der Waals surface area (Å²) in [5, 5.41) is 0. The Kier molecular flexibility index (Phi) is 3.36. The van der Waals surface area contributed by atoms with Crippen LogP contribution in [0.4, 0.5) is 0 Å². The first kappa shape index (κ1) is 15.4. The monoisotopic (exact) mass is 501 g/mol. The zero-order valence-electron chi connectivity index (χ0n) is 30.8. The van der Waals surface area contributed by atoms with Crippen molar-refractivity contribution in [2.45, 2.75) is 47.2 Å². The summed E-state index contributed by atoms with van der Waals surface area (Å²) in [7, 11) is 1.80. The molecule has 1 heteroatoms. The Labute approximate surface area is 239 Å². The molecule has 0 unspecified atom stereocenters. The van der Waals surface area contributed by atoms with Crippen LogP contribution in [-0.2, 0) is 19.9 Å². The minimum absolute atomic E-state index is 0.0604. The number of fused-ring (bicyclic) bond motifs is 7. The first-order valence-corrected chi connectivity index (χ1v) is 13.0. The molecule has 5 aromatic rings. The van der Waals surface area contributed by atoms with Crippen LogP contribution in [0.25, 0.3) is 44.6 Å².